The molecule has 0 N–H and O–H groups in total. The molecule has 0 amide bonds. The Balaban J connectivity index is 1.64. The van der Waals surface area contributed by atoms with Crippen LogP contribution in [-0.2, 0) is 25.1 Å². The van der Waals surface area contributed by atoms with Gasteiger partial charge in [0.25, 0.3) is 0 Å². The van der Waals surface area contributed by atoms with Gasteiger partial charge in [-0.1, -0.05) is 29.8 Å². The number of pyridine rings is 1. The fourth-order valence-corrected chi connectivity index (χ4v) is 4.57. The molecule has 4 rings (SSSR count). The zero-order valence-electron chi connectivity index (χ0n) is 14.9. The lowest BCUT2D eigenvalue weighted by Crippen LogP contribution is -2.30. The Morgan fingerprint density at radius 1 is 1.07 bits per heavy atom. The van der Waals surface area contributed by atoms with Gasteiger partial charge in [-0.05, 0) is 55.5 Å². The molecule has 0 bridgehead atoms. The summed E-state index contributed by atoms with van der Waals surface area (Å²) in [4.78, 5) is 21.6. The van der Waals surface area contributed by atoms with Gasteiger partial charge < -0.3 is 0 Å². The number of hydrogen-bond acceptors (Lipinski definition) is 4. The van der Waals surface area contributed by atoms with Crippen molar-refractivity contribution in [1.82, 2.24) is 14.5 Å². The Hall–Kier alpha value is -2.11. The summed E-state index contributed by atoms with van der Waals surface area (Å²) in [5, 5.41) is 1.61. The molecule has 4 nitrogen and oxygen atoms in total. The van der Waals surface area contributed by atoms with Gasteiger partial charge in [-0.15, -0.1) is 11.8 Å². The Morgan fingerprint density at radius 2 is 1.89 bits per heavy atom. The minimum atomic E-state index is -0.181. The lowest BCUT2D eigenvalue weighted by molar-refractivity contribution is 0.565. The Labute approximate surface area is 167 Å². The maximum atomic E-state index is 12.8. The number of fused-ring (bicyclic) bond motifs is 1. The number of rotatable bonds is 5. The summed E-state index contributed by atoms with van der Waals surface area (Å²) in [6.45, 7) is 0.483. The van der Waals surface area contributed by atoms with Gasteiger partial charge in [0.2, 0.25) is 0 Å². The molecule has 1 aliphatic carbocycles. The second-order valence-electron chi connectivity index (χ2n) is 6.65. The van der Waals surface area contributed by atoms with Gasteiger partial charge in [0, 0.05) is 28.2 Å². The van der Waals surface area contributed by atoms with Gasteiger partial charge in [-0.2, -0.15) is 4.98 Å². The summed E-state index contributed by atoms with van der Waals surface area (Å²) < 4.78 is 1.81. The third-order valence-electron chi connectivity index (χ3n) is 4.79. The Kier molecular flexibility index (Phi) is 5.60. The molecule has 0 aliphatic heterocycles. The van der Waals surface area contributed by atoms with Crippen molar-refractivity contribution in [2.75, 3.05) is 0 Å². The van der Waals surface area contributed by atoms with Crippen LogP contribution in [0.4, 0.5) is 0 Å². The lowest BCUT2D eigenvalue weighted by Gasteiger charge is -2.22. The second kappa shape index (κ2) is 8.28. The molecule has 1 aromatic carbocycles. The van der Waals surface area contributed by atoms with Crippen LogP contribution < -0.4 is 5.69 Å². The van der Waals surface area contributed by atoms with Crippen molar-refractivity contribution < 1.29 is 0 Å². The van der Waals surface area contributed by atoms with Crippen LogP contribution in [0.25, 0.3) is 0 Å². The summed E-state index contributed by atoms with van der Waals surface area (Å²) in [6, 6.07) is 13.6. The summed E-state index contributed by atoms with van der Waals surface area (Å²) in [5.41, 5.74) is 4.24. The molecule has 0 fully saturated rings. The molecule has 0 radical (unpaired) electrons. The highest BCUT2D eigenvalue weighted by molar-refractivity contribution is 7.98. The van der Waals surface area contributed by atoms with Gasteiger partial charge in [0.05, 0.1) is 12.2 Å². The highest BCUT2D eigenvalue weighted by Crippen LogP contribution is 2.30. The first kappa shape index (κ1) is 18.3. The highest BCUT2D eigenvalue weighted by Gasteiger charge is 2.20. The normalized spacial score (nSPS) is 13.4. The summed E-state index contributed by atoms with van der Waals surface area (Å²) in [6.07, 6.45) is 5.92. The van der Waals surface area contributed by atoms with E-state index in [2.05, 4.69) is 9.97 Å². The fourth-order valence-electron chi connectivity index (χ4n) is 3.42. The topological polar surface area (TPSA) is 47.8 Å². The van der Waals surface area contributed by atoms with E-state index in [0.717, 1.165) is 52.9 Å². The predicted octanol–water partition coefficient (Wildman–Crippen LogP) is 4.51. The average molecular weight is 398 g/mol. The van der Waals surface area contributed by atoms with Gasteiger partial charge in [0.1, 0.15) is 5.03 Å². The summed E-state index contributed by atoms with van der Waals surface area (Å²) in [7, 11) is 0. The first-order valence-electron chi connectivity index (χ1n) is 9.10. The first-order valence-corrected chi connectivity index (χ1v) is 10.5. The number of halogens is 1. The molecule has 0 spiro atoms. The molecule has 2 heterocycles. The molecule has 0 saturated carbocycles. The number of benzene rings is 1. The van der Waals surface area contributed by atoms with Crippen LogP contribution in [0.1, 0.15) is 35.4 Å². The number of hydrogen-bond donors (Lipinski definition) is 0. The third-order valence-corrected chi connectivity index (χ3v) is 6.13. The zero-order chi connectivity index (χ0) is 18.6. The van der Waals surface area contributed by atoms with Crippen LogP contribution in [0, 0.1) is 0 Å². The predicted molar refractivity (Wildman–Crippen MR) is 109 cm³/mol. The van der Waals surface area contributed by atoms with E-state index < -0.39 is 0 Å². The second-order valence-corrected chi connectivity index (χ2v) is 8.05. The van der Waals surface area contributed by atoms with Crippen LogP contribution in [0.3, 0.4) is 0 Å². The lowest BCUT2D eigenvalue weighted by atomic mass is 9.97. The highest BCUT2D eigenvalue weighted by atomic mass is 35.5. The van der Waals surface area contributed by atoms with E-state index in [1.54, 1.807) is 18.0 Å². The van der Waals surface area contributed by atoms with E-state index in [1.165, 1.54) is 11.1 Å². The fraction of sp³-hybridized carbons (Fsp3) is 0.286. The van der Waals surface area contributed by atoms with E-state index >= 15 is 0 Å². The molecular formula is C21H20ClN3OS. The first-order chi connectivity index (χ1) is 13.2. The van der Waals surface area contributed by atoms with Crippen LogP contribution in [-0.4, -0.2) is 14.5 Å². The van der Waals surface area contributed by atoms with Gasteiger partial charge >= 0.3 is 5.69 Å². The van der Waals surface area contributed by atoms with Crippen LogP contribution in [0.5, 0.6) is 0 Å². The molecule has 3 aromatic rings. The van der Waals surface area contributed by atoms with E-state index in [0.29, 0.717) is 6.54 Å². The largest absolute Gasteiger partial charge is 0.349 e. The quantitative estimate of drug-likeness (QED) is 0.469. The number of aromatic nitrogens is 3. The summed E-state index contributed by atoms with van der Waals surface area (Å²) in [5.74, 6) is 0.778. The minimum absolute atomic E-state index is 0.181. The van der Waals surface area contributed by atoms with Crippen LogP contribution >= 0.6 is 23.4 Å². The van der Waals surface area contributed by atoms with E-state index in [-0.39, 0.29) is 5.69 Å². The van der Waals surface area contributed by atoms with E-state index in [1.807, 2.05) is 47.0 Å². The smallest absolute Gasteiger partial charge is 0.290 e. The molecule has 138 valence electrons. The van der Waals surface area contributed by atoms with Crippen LogP contribution in [0.15, 0.2) is 58.5 Å². The van der Waals surface area contributed by atoms with Crippen LogP contribution in [0.2, 0.25) is 5.02 Å². The van der Waals surface area contributed by atoms with Crippen molar-refractivity contribution in [2.24, 2.45) is 0 Å². The van der Waals surface area contributed by atoms with Crippen molar-refractivity contribution in [2.45, 2.75) is 43.0 Å². The molecule has 0 atom stereocenters. The number of nitrogens with zero attached hydrogens (tertiary/aromatic N) is 3. The van der Waals surface area contributed by atoms with Gasteiger partial charge in [-0.25, -0.2) is 4.79 Å². The van der Waals surface area contributed by atoms with Crippen molar-refractivity contribution in [3.05, 3.63) is 86.7 Å². The molecule has 2 aromatic heterocycles. The standard InChI is InChI=1S/C21H20ClN3OS/c22-16-10-8-15(9-11-16)14-27-20-18-6-1-2-7-19(18)25(21(26)24-20)13-17-5-3-4-12-23-17/h3-5,8-12H,1-2,6-7,13-14H2. The molecular weight excluding hydrogens is 378 g/mol. The third kappa shape index (κ3) is 4.25. The average Bonchev–Trinajstić information content (AvgIpc) is 2.71. The van der Waals surface area contributed by atoms with Gasteiger partial charge in [-0.3, -0.25) is 9.55 Å². The van der Waals surface area contributed by atoms with Gasteiger partial charge in [0.15, 0.2) is 0 Å². The molecule has 0 unspecified atom stereocenters. The Bertz CT molecular complexity index is 987. The number of thioether (sulfide) groups is 1. The molecule has 27 heavy (non-hydrogen) atoms. The Morgan fingerprint density at radius 3 is 2.67 bits per heavy atom. The molecule has 0 saturated heterocycles. The maximum absolute atomic E-state index is 12.8. The SMILES string of the molecule is O=c1nc(SCc2ccc(Cl)cc2)c2c(n1Cc1ccccn1)CCCC2. The van der Waals surface area contributed by atoms with E-state index in [4.69, 9.17) is 11.6 Å². The van der Waals surface area contributed by atoms with Crippen molar-refractivity contribution in [1.29, 1.82) is 0 Å². The molecule has 1 aliphatic rings. The van der Waals surface area contributed by atoms with E-state index in [9.17, 15) is 4.79 Å². The van der Waals surface area contributed by atoms with Crippen molar-refractivity contribution in [3.8, 4) is 0 Å². The van der Waals surface area contributed by atoms with Crippen molar-refractivity contribution in [3.63, 3.8) is 0 Å². The maximum Gasteiger partial charge on any atom is 0.349 e. The summed E-state index contributed by atoms with van der Waals surface area (Å²) >= 11 is 7.60. The monoisotopic (exact) mass is 397 g/mol. The minimum Gasteiger partial charge on any atom is -0.290 e. The van der Waals surface area contributed by atoms with Crippen molar-refractivity contribution >= 4 is 23.4 Å². The zero-order valence-corrected chi connectivity index (χ0v) is 16.5. The molecule has 6 heteroatoms.